The lowest BCUT2D eigenvalue weighted by Gasteiger charge is -2.34. The van der Waals surface area contributed by atoms with Gasteiger partial charge in [-0.05, 0) is 13.3 Å². The third-order valence-corrected chi connectivity index (χ3v) is 3.51. The maximum absolute atomic E-state index is 12.0. The van der Waals surface area contributed by atoms with Crippen LogP contribution in [0.5, 0.6) is 0 Å². The highest BCUT2D eigenvalue weighted by molar-refractivity contribution is 5.88. The number of piperazine rings is 1. The molecule has 0 radical (unpaired) electrons. The molecule has 1 rings (SSSR count). The number of rotatable bonds is 7. The van der Waals surface area contributed by atoms with Crippen LogP contribution in [0.2, 0.25) is 0 Å². The highest BCUT2D eigenvalue weighted by Gasteiger charge is 2.33. The predicted octanol–water partition coefficient (Wildman–Crippen LogP) is -0.345. The van der Waals surface area contributed by atoms with E-state index in [1.165, 1.54) is 7.11 Å². The molecule has 120 valence electrons. The van der Waals surface area contributed by atoms with Crippen LogP contribution in [-0.2, 0) is 19.1 Å². The number of nitrogens with one attached hydrogen (secondary N) is 2. The molecule has 7 heteroatoms. The minimum atomic E-state index is -0.640. The number of nitrogens with zero attached hydrogens (tertiary/aromatic N) is 1. The highest BCUT2D eigenvalue weighted by atomic mass is 16.5. The number of methoxy groups -OCH3 is 1. The second-order valence-corrected chi connectivity index (χ2v) is 5.31. The van der Waals surface area contributed by atoms with E-state index in [2.05, 4.69) is 22.3 Å². The number of esters is 1. The van der Waals surface area contributed by atoms with E-state index < -0.39 is 12.0 Å². The van der Waals surface area contributed by atoms with Crippen molar-refractivity contribution >= 4 is 17.8 Å². The van der Waals surface area contributed by atoms with Gasteiger partial charge in [0.05, 0.1) is 20.1 Å². The second kappa shape index (κ2) is 8.61. The van der Waals surface area contributed by atoms with Gasteiger partial charge in [-0.1, -0.05) is 13.3 Å². The molecule has 0 aromatic carbocycles. The van der Waals surface area contributed by atoms with E-state index >= 15 is 0 Å². The van der Waals surface area contributed by atoms with Crippen LogP contribution in [-0.4, -0.2) is 61.5 Å². The Labute approximate surface area is 125 Å². The van der Waals surface area contributed by atoms with E-state index in [1.54, 1.807) is 4.90 Å². The summed E-state index contributed by atoms with van der Waals surface area (Å²) in [6.07, 6.45) is 1.87. The zero-order chi connectivity index (χ0) is 15.8. The molecule has 21 heavy (non-hydrogen) atoms. The van der Waals surface area contributed by atoms with Gasteiger partial charge in [0.1, 0.15) is 6.04 Å². The summed E-state index contributed by atoms with van der Waals surface area (Å²) in [4.78, 5) is 37.0. The van der Waals surface area contributed by atoms with Crippen molar-refractivity contribution in [3.8, 4) is 0 Å². The standard InChI is InChI=1S/C14H25N3O4/c1-4-5-10(2)16-12(18)9-17-7-6-15-14(20)11(17)8-13(19)21-3/h10-11H,4-9H2,1-3H3,(H,15,20)(H,16,18)/t10-,11+/m0/s1. The van der Waals surface area contributed by atoms with Crippen molar-refractivity contribution in [2.75, 3.05) is 26.7 Å². The van der Waals surface area contributed by atoms with Gasteiger partial charge in [-0.2, -0.15) is 0 Å². The van der Waals surface area contributed by atoms with Crippen LogP contribution in [0.15, 0.2) is 0 Å². The molecule has 2 atom stereocenters. The number of carbonyl (C=O) groups excluding carboxylic acids is 3. The molecule has 0 saturated carbocycles. The summed E-state index contributed by atoms with van der Waals surface area (Å²) in [5.41, 5.74) is 0. The van der Waals surface area contributed by atoms with Gasteiger partial charge >= 0.3 is 5.97 Å². The smallest absolute Gasteiger partial charge is 0.307 e. The van der Waals surface area contributed by atoms with Crippen molar-refractivity contribution in [1.29, 1.82) is 0 Å². The first-order chi connectivity index (χ1) is 9.97. The zero-order valence-electron chi connectivity index (χ0n) is 13.0. The Balaban J connectivity index is 2.58. The zero-order valence-corrected chi connectivity index (χ0v) is 13.0. The Kier molecular flexibility index (Phi) is 7.14. The molecule has 2 amide bonds. The molecule has 0 bridgehead atoms. The minimum absolute atomic E-state index is 0.0415. The van der Waals surface area contributed by atoms with Crippen LogP contribution in [0, 0.1) is 0 Å². The van der Waals surface area contributed by atoms with Crippen LogP contribution in [0.25, 0.3) is 0 Å². The van der Waals surface area contributed by atoms with E-state index in [0.29, 0.717) is 13.1 Å². The van der Waals surface area contributed by atoms with Gasteiger partial charge < -0.3 is 15.4 Å². The van der Waals surface area contributed by atoms with E-state index in [4.69, 9.17) is 0 Å². The fraction of sp³-hybridized carbons (Fsp3) is 0.786. The van der Waals surface area contributed by atoms with E-state index in [1.807, 2.05) is 6.92 Å². The number of ether oxygens (including phenoxy) is 1. The van der Waals surface area contributed by atoms with Gasteiger partial charge in [0.15, 0.2) is 0 Å². The molecule has 1 aliphatic rings. The van der Waals surface area contributed by atoms with Crippen molar-refractivity contribution in [1.82, 2.24) is 15.5 Å². The highest BCUT2D eigenvalue weighted by Crippen LogP contribution is 2.09. The molecule has 0 aliphatic carbocycles. The Bertz CT molecular complexity index is 386. The van der Waals surface area contributed by atoms with Gasteiger partial charge in [-0.15, -0.1) is 0 Å². The molecular formula is C14H25N3O4. The summed E-state index contributed by atoms with van der Waals surface area (Å²) < 4.78 is 4.60. The predicted molar refractivity (Wildman–Crippen MR) is 77.5 cm³/mol. The van der Waals surface area contributed by atoms with Crippen LogP contribution in [0.3, 0.4) is 0 Å². The molecule has 7 nitrogen and oxygen atoms in total. The van der Waals surface area contributed by atoms with Crippen molar-refractivity contribution in [3.63, 3.8) is 0 Å². The lowest BCUT2D eigenvalue weighted by atomic mass is 10.1. The van der Waals surface area contributed by atoms with Crippen molar-refractivity contribution in [2.45, 2.75) is 45.2 Å². The molecule has 0 aromatic rings. The van der Waals surface area contributed by atoms with Crippen molar-refractivity contribution < 1.29 is 19.1 Å². The van der Waals surface area contributed by atoms with Gasteiger partial charge in [0, 0.05) is 19.1 Å². The van der Waals surface area contributed by atoms with Crippen molar-refractivity contribution in [2.24, 2.45) is 0 Å². The summed E-state index contributed by atoms with van der Waals surface area (Å²) in [6, 6.07) is -0.529. The molecule has 1 heterocycles. The van der Waals surface area contributed by atoms with Crippen LogP contribution in [0.1, 0.15) is 33.1 Å². The second-order valence-electron chi connectivity index (χ2n) is 5.31. The number of hydrogen-bond donors (Lipinski definition) is 2. The molecule has 1 aliphatic heterocycles. The first-order valence-corrected chi connectivity index (χ1v) is 7.35. The van der Waals surface area contributed by atoms with E-state index in [0.717, 1.165) is 12.8 Å². The van der Waals surface area contributed by atoms with Crippen molar-refractivity contribution in [3.05, 3.63) is 0 Å². The Morgan fingerprint density at radius 1 is 1.52 bits per heavy atom. The third-order valence-electron chi connectivity index (χ3n) is 3.51. The van der Waals surface area contributed by atoms with Crippen LogP contribution in [0.4, 0.5) is 0 Å². The summed E-state index contributed by atoms with van der Waals surface area (Å²) in [6.45, 7) is 5.15. The molecule has 0 aromatic heterocycles. The van der Waals surface area contributed by atoms with E-state index in [9.17, 15) is 14.4 Å². The summed E-state index contributed by atoms with van der Waals surface area (Å²) >= 11 is 0. The molecular weight excluding hydrogens is 274 g/mol. The quantitative estimate of drug-likeness (QED) is 0.628. The van der Waals surface area contributed by atoms with Gasteiger partial charge in [0.2, 0.25) is 11.8 Å². The largest absolute Gasteiger partial charge is 0.469 e. The Morgan fingerprint density at radius 3 is 2.86 bits per heavy atom. The molecule has 1 fully saturated rings. The maximum Gasteiger partial charge on any atom is 0.307 e. The number of carbonyl (C=O) groups is 3. The van der Waals surface area contributed by atoms with Crippen LogP contribution >= 0.6 is 0 Å². The summed E-state index contributed by atoms with van der Waals surface area (Å²) in [5, 5.41) is 5.61. The van der Waals surface area contributed by atoms with Gasteiger partial charge in [-0.25, -0.2) is 0 Å². The first-order valence-electron chi connectivity index (χ1n) is 7.35. The molecule has 1 saturated heterocycles. The molecule has 0 unspecified atom stereocenters. The van der Waals surface area contributed by atoms with Gasteiger partial charge in [-0.3, -0.25) is 19.3 Å². The average molecular weight is 299 g/mol. The maximum atomic E-state index is 12.0. The fourth-order valence-electron chi connectivity index (χ4n) is 2.42. The number of hydrogen-bond acceptors (Lipinski definition) is 5. The Hall–Kier alpha value is -1.63. The minimum Gasteiger partial charge on any atom is -0.469 e. The fourth-order valence-corrected chi connectivity index (χ4v) is 2.42. The normalized spacial score (nSPS) is 20.5. The lowest BCUT2D eigenvalue weighted by Crippen LogP contribution is -2.58. The summed E-state index contributed by atoms with van der Waals surface area (Å²) in [7, 11) is 1.28. The molecule has 2 N–H and O–H groups in total. The number of amides is 2. The SMILES string of the molecule is CCC[C@H](C)NC(=O)CN1CCNC(=O)[C@H]1CC(=O)OC. The topological polar surface area (TPSA) is 87.7 Å². The summed E-state index contributed by atoms with van der Waals surface area (Å²) in [5.74, 6) is -0.816. The average Bonchev–Trinajstić information content (AvgIpc) is 2.42. The van der Waals surface area contributed by atoms with Gasteiger partial charge in [0.25, 0.3) is 0 Å². The monoisotopic (exact) mass is 299 g/mol. The lowest BCUT2D eigenvalue weighted by molar-refractivity contribution is -0.146. The van der Waals surface area contributed by atoms with Crippen LogP contribution < -0.4 is 10.6 Å². The first kappa shape index (κ1) is 17.4. The van der Waals surface area contributed by atoms with E-state index in [-0.39, 0.29) is 30.8 Å². The Morgan fingerprint density at radius 2 is 2.24 bits per heavy atom. The molecule has 0 spiro atoms. The third kappa shape index (κ3) is 5.71.